The summed E-state index contributed by atoms with van der Waals surface area (Å²) < 4.78 is 18.8. The number of esters is 1. The van der Waals surface area contributed by atoms with Gasteiger partial charge in [-0.3, -0.25) is 9.59 Å². The first-order valence-electron chi connectivity index (χ1n) is 8.50. The maximum absolute atomic E-state index is 13.6. The highest BCUT2D eigenvalue weighted by atomic mass is 19.1. The van der Waals surface area contributed by atoms with E-state index in [9.17, 15) is 18.8 Å². The summed E-state index contributed by atoms with van der Waals surface area (Å²) in [5.74, 6) is -2.75. The van der Waals surface area contributed by atoms with Crippen molar-refractivity contribution in [1.29, 1.82) is 0 Å². The summed E-state index contributed by atoms with van der Waals surface area (Å²) in [6.07, 6.45) is 0.209. The summed E-state index contributed by atoms with van der Waals surface area (Å²) in [6.45, 7) is 3.70. The standard InChI is InChI=1S/C19H22FNO5/c1-3-26-19(25)18-12(2)21(9-5-8-17(23)24)16(22)11-15(18)13-6-4-7-14(20)10-13/h4,6-7,10,15H,3,5,8-9,11H2,1-2H3,(H,23,24). The van der Waals surface area contributed by atoms with Gasteiger partial charge in [0.25, 0.3) is 0 Å². The second-order valence-corrected chi connectivity index (χ2v) is 6.07. The maximum Gasteiger partial charge on any atom is 0.336 e. The van der Waals surface area contributed by atoms with E-state index >= 15 is 0 Å². The highest BCUT2D eigenvalue weighted by molar-refractivity contribution is 5.95. The number of carboxylic acids is 1. The number of rotatable bonds is 7. The number of amides is 1. The smallest absolute Gasteiger partial charge is 0.336 e. The zero-order chi connectivity index (χ0) is 19.3. The van der Waals surface area contributed by atoms with Crippen LogP contribution in [0.25, 0.3) is 0 Å². The Morgan fingerprint density at radius 1 is 1.38 bits per heavy atom. The van der Waals surface area contributed by atoms with E-state index in [1.54, 1.807) is 19.9 Å². The lowest BCUT2D eigenvalue weighted by Crippen LogP contribution is -2.39. The molecule has 6 nitrogen and oxygen atoms in total. The van der Waals surface area contributed by atoms with Gasteiger partial charge in [0.1, 0.15) is 5.82 Å². The molecule has 0 saturated carbocycles. The third kappa shape index (κ3) is 4.47. The molecule has 0 saturated heterocycles. The van der Waals surface area contributed by atoms with Crippen LogP contribution in [0.2, 0.25) is 0 Å². The van der Waals surface area contributed by atoms with Crippen LogP contribution in [0.1, 0.15) is 44.6 Å². The van der Waals surface area contributed by atoms with E-state index in [4.69, 9.17) is 9.84 Å². The number of hydrogen-bond donors (Lipinski definition) is 1. The van der Waals surface area contributed by atoms with Crippen LogP contribution in [0, 0.1) is 5.82 Å². The highest BCUT2D eigenvalue weighted by Crippen LogP contribution is 2.37. The Kier molecular flexibility index (Phi) is 6.49. The molecule has 2 rings (SSSR count). The fraction of sp³-hybridized carbons (Fsp3) is 0.421. The van der Waals surface area contributed by atoms with Crippen LogP contribution in [0.3, 0.4) is 0 Å². The maximum atomic E-state index is 13.6. The van der Waals surface area contributed by atoms with Gasteiger partial charge in [-0.05, 0) is 38.0 Å². The molecular weight excluding hydrogens is 341 g/mol. The molecule has 1 amide bonds. The SMILES string of the molecule is CCOC(=O)C1=C(C)N(CCCC(=O)O)C(=O)CC1c1cccc(F)c1. The predicted octanol–water partition coefficient (Wildman–Crippen LogP) is 2.84. The number of carbonyl (C=O) groups is 3. The van der Waals surface area contributed by atoms with E-state index in [-0.39, 0.29) is 38.3 Å². The van der Waals surface area contributed by atoms with E-state index in [2.05, 4.69) is 0 Å². The summed E-state index contributed by atoms with van der Waals surface area (Å²) in [7, 11) is 0. The van der Waals surface area contributed by atoms with Crippen molar-refractivity contribution in [2.75, 3.05) is 13.2 Å². The molecule has 1 N–H and O–H groups in total. The van der Waals surface area contributed by atoms with Crippen molar-refractivity contribution >= 4 is 17.8 Å². The first kappa shape index (κ1) is 19.6. The van der Waals surface area contributed by atoms with Gasteiger partial charge in [0.2, 0.25) is 5.91 Å². The normalized spacial score (nSPS) is 17.4. The largest absolute Gasteiger partial charge is 0.481 e. The lowest BCUT2D eigenvalue weighted by atomic mass is 9.83. The number of aliphatic carboxylic acids is 1. The topological polar surface area (TPSA) is 83.9 Å². The number of hydrogen-bond acceptors (Lipinski definition) is 4. The van der Waals surface area contributed by atoms with E-state index in [1.165, 1.54) is 23.1 Å². The van der Waals surface area contributed by atoms with Gasteiger partial charge in [-0.2, -0.15) is 0 Å². The second-order valence-electron chi connectivity index (χ2n) is 6.07. The second kappa shape index (κ2) is 8.60. The van der Waals surface area contributed by atoms with Gasteiger partial charge in [-0.1, -0.05) is 12.1 Å². The molecule has 0 spiro atoms. The molecule has 1 aliphatic rings. The van der Waals surface area contributed by atoms with Crippen molar-refractivity contribution in [3.8, 4) is 0 Å². The van der Waals surface area contributed by atoms with Crippen LogP contribution >= 0.6 is 0 Å². The zero-order valence-corrected chi connectivity index (χ0v) is 14.8. The first-order valence-corrected chi connectivity index (χ1v) is 8.50. The molecule has 0 aromatic heterocycles. The average Bonchev–Trinajstić information content (AvgIpc) is 2.57. The van der Waals surface area contributed by atoms with E-state index in [1.807, 2.05) is 0 Å². The van der Waals surface area contributed by atoms with Gasteiger partial charge in [0, 0.05) is 31.0 Å². The number of allylic oxidation sites excluding steroid dienone is 1. The van der Waals surface area contributed by atoms with Crippen LogP contribution < -0.4 is 0 Å². The van der Waals surface area contributed by atoms with E-state index < -0.39 is 23.7 Å². The van der Waals surface area contributed by atoms with Crippen LogP contribution in [0.15, 0.2) is 35.5 Å². The van der Waals surface area contributed by atoms with Crippen molar-refractivity contribution in [3.05, 3.63) is 46.9 Å². The summed E-state index contributed by atoms with van der Waals surface area (Å²) in [4.78, 5) is 37.2. The molecule has 0 fully saturated rings. The molecule has 0 radical (unpaired) electrons. The molecular formula is C19H22FNO5. The Hall–Kier alpha value is -2.70. The fourth-order valence-corrected chi connectivity index (χ4v) is 3.16. The number of carboxylic acid groups (broad SMARTS) is 1. The minimum Gasteiger partial charge on any atom is -0.481 e. The average molecular weight is 363 g/mol. The van der Waals surface area contributed by atoms with Crippen molar-refractivity contribution in [3.63, 3.8) is 0 Å². The summed E-state index contributed by atoms with van der Waals surface area (Å²) >= 11 is 0. The monoisotopic (exact) mass is 363 g/mol. The third-order valence-corrected chi connectivity index (χ3v) is 4.34. The minimum atomic E-state index is -0.945. The number of nitrogens with zero attached hydrogens (tertiary/aromatic N) is 1. The van der Waals surface area contributed by atoms with Crippen LogP contribution in [0.5, 0.6) is 0 Å². The predicted molar refractivity (Wildman–Crippen MR) is 91.7 cm³/mol. The molecule has 0 aliphatic carbocycles. The quantitative estimate of drug-likeness (QED) is 0.753. The molecule has 7 heteroatoms. The van der Waals surface area contributed by atoms with Crippen molar-refractivity contribution in [1.82, 2.24) is 4.90 Å². The number of halogens is 1. The zero-order valence-electron chi connectivity index (χ0n) is 14.8. The molecule has 0 bridgehead atoms. The lowest BCUT2D eigenvalue weighted by Gasteiger charge is -2.34. The molecule has 1 aromatic carbocycles. The first-order chi connectivity index (χ1) is 12.3. The Bertz CT molecular complexity index is 743. The molecule has 26 heavy (non-hydrogen) atoms. The molecule has 1 unspecified atom stereocenters. The number of ether oxygens (including phenoxy) is 1. The molecule has 1 heterocycles. The molecule has 1 atom stereocenters. The van der Waals surface area contributed by atoms with E-state index in [0.29, 0.717) is 16.8 Å². The molecule has 1 aromatic rings. The Balaban J connectivity index is 2.40. The van der Waals surface area contributed by atoms with Gasteiger partial charge in [-0.15, -0.1) is 0 Å². The lowest BCUT2D eigenvalue weighted by molar-refractivity contribution is -0.141. The Morgan fingerprint density at radius 2 is 2.12 bits per heavy atom. The van der Waals surface area contributed by atoms with Gasteiger partial charge in [-0.25, -0.2) is 9.18 Å². The van der Waals surface area contributed by atoms with Crippen LogP contribution in [0.4, 0.5) is 4.39 Å². The Labute approximate surface area is 151 Å². The van der Waals surface area contributed by atoms with Gasteiger partial charge < -0.3 is 14.7 Å². The van der Waals surface area contributed by atoms with Crippen LogP contribution in [-0.4, -0.2) is 41.0 Å². The summed E-state index contributed by atoms with van der Waals surface area (Å²) in [6, 6.07) is 5.82. The van der Waals surface area contributed by atoms with E-state index in [0.717, 1.165) is 0 Å². The summed E-state index contributed by atoms with van der Waals surface area (Å²) in [5, 5.41) is 8.78. The van der Waals surface area contributed by atoms with Crippen molar-refractivity contribution < 1.29 is 28.6 Å². The van der Waals surface area contributed by atoms with Crippen molar-refractivity contribution in [2.45, 2.75) is 39.0 Å². The Morgan fingerprint density at radius 3 is 2.73 bits per heavy atom. The summed E-state index contributed by atoms with van der Waals surface area (Å²) in [5.41, 5.74) is 1.28. The van der Waals surface area contributed by atoms with Gasteiger partial charge in [0.15, 0.2) is 0 Å². The molecule has 1 aliphatic heterocycles. The van der Waals surface area contributed by atoms with Crippen LogP contribution in [-0.2, 0) is 19.1 Å². The number of benzene rings is 1. The highest BCUT2D eigenvalue weighted by Gasteiger charge is 2.36. The fourth-order valence-electron chi connectivity index (χ4n) is 3.16. The third-order valence-electron chi connectivity index (χ3n) is 4.34. The van der Waals surface area contributed by atoms with Gasteiger partial charge >= 0.3 is 11.9 Å². The minimum absolute atomic E-state index is 0.00200. The van der Waals surface area contributed by atoms with Gasteiger partial charge in [0.05, 0.1) is 12.2 Å². The van der Waals surface area contributed by atoms with Crippen molar-refractivity contribution in [2.24, 2.45) is 0 Å². The number of carbonyl (C=O) groups excluding carboxylic acids is 2. The molecule has 140 valence electrons.